The van der Waals surface area contributed by atoms with Gasteiger partial charge in [0.25, 0.3) is 5.91 Å². The quantitative estimate of drug-likeness (QED) is 0.738. The highest BCUT2D eigenvalue weighted by Crippen LogP contribution is 2.18. The Morgan fingerprint density at radius 2 is 2.39 bits per heavy atom. The Bertz CT molecular complexity index is 425. The fourth-order valence-corrected chi connectivity index (χ4v) is 2.39. The first kappa shape index (κ1) is 12.9. The van der Waals surface area contributed by atoms with Crippen LogP contribution in [0.4, 0.5) is 5.69 Å². The van der Waals surface area contributed by atoms with Crippen LogP contribution in [0.15, 0.2) is 18.2 Å². The summed E-state index contributed by atoms with van der Waals surface area (Å²) in [6, 6.07) is 5.68. The second kappa shape index (κ2) is 5.87. The maximum Gasteiger partial charge on any atom is 0.250 e. The van der Waals surface area contributed by atoms with Crippen LogP contribution in [-0.4, -0.2) is 25.5 Å². The third kappa shape index (κ3) is 3.23. The topological polar surface area (TPSA) is 67.2 Å². The zero-order valence-corrected chi connectivity index (χ0v) is 10.8. The zero-order valence-electron chi connectivity index (χ0n) is 10.8. The molecular formula is C14H21N3O. The Morgan fingerprint density at radius 1 is 1.56 bits per heavy atom. The fourth-order valence-electron chi connectivity index (χ4n) is 2.39. The van der Waals surface area contributed by atoms with Gasteiger partial charge in [-0.1, -0.05) is 6.07 Å². The van der Waals surface area contributed by atoms with Crippen molar-refractivity contribution in [3.05, 3.63) is 29.3 Å². The van der Waals surface area contributed by atoms with Crippen molar-refractivity contribution in [2.24, 2.45) is 11.7 Å². The number of nitrogens with two attached hydrogens (primary N) is 1. The summed E-state index contributed by atoms with van der Waals surface area (Å²) in [6.45, 7) is 5.13. The predicted octanol–water partition coefficient (Wildman–Crippen LogP) is 1.51. The van der Waals surface area contributed by atoms with E-state index in [2.05, 4.69) is 10.6 Å². The van der Waals surface area contributed by atoms with Crippen LogP contribution in [0.2, 0.25) is 0 Å². The molecule has 98 valence electrons. The molecule has 1 amide bonds. The minimum absolute atomic E-state index is 0.375. The number of hydrogen-bond donors (Lipinski definition) is 3. The highest BCUT2D eigenvalue weighted by molar-refractivity contribution is 5.98. The Hall–Kier alpha value is -1.55. The first-order valence-corrected chi connectivity index (χ1v) is 6.52. The maximum absolute atomic E-state index is 11.3. The number of primary amides is 1. The molecule has 0 radical (unpaired) electrons. The van der Waals surface area contributed by atoms with Crippen LogP contribution in [0, 0.1) is 12.8 Å². The molecule has 1 saturated heterocycles. The molecule has 0 aromatic heterocycles. The van der Waals surface area contributed by atoms with Crippen molar-refractivity contribution in [1.29, 1.82) is 0 Å². The van der Waals surface area contributed by atoms with E-state index in [4.69, 9.17) is 5.73 Å². The molecule has 0 saturated carbocycles. The van der Waals surface area contributed by atoms with Gasteiger partial charge in [-0.25, -0.2) is 0 Å². The summed E-state index contributed by atoms with van der Waals surface area (Å²) in [5, 5.41) is 6.69. The lowest BCUT2D eigenvalue weighted by molar-refractivity contribution is 0.100. The summed E-state index contributed by atoms with van der Waals surface area (Å²) < 4.78 is 0. The Morgan fingerprint density at radius 3 is 3.06 bits per heavy atom. The largest absolute Gasteiger partial charge is 0.384 e. The number of aryl methyl sites for hydroxylation is 1. The van der Waals surface area contributed by atoms with Crippen molar-refractivity contribution >= 4 is 11.6 Å². The van der Waals surface area contributed by atoms with E-state index in [9.17, 15) is 4.79 Å². The Kier molecular flexibility index (Phi) is 4.20. The first-order chi connectivity index (χ1) is 8.66. The van der Waals surface area contributed by atoms with E-state index in [-0.39, 0.29) is 5.91 Å². The number of hydrogen-bond acceptors (Lipinski definition) is 3. The fraction of sp³-hybridized carbons (Fsp3) is 0.500. The molecule has 18 heavy (non-hydrogen) atoms. The smallest absolute Gasteiger partial charge is 0.250 e. The molecule has 0 bridgehead atoms. The van der Waals surface area contributed by atoms with Crippen molar-refractivity contribution < 1.29 is 4.79 Å². The molecule has 1 aromatic carbocycles. The number of nitrogens with one attached hydrogen (secondary N) is 2. The molecule has 2 rings (SSSR count). The lowest BCUT2D eigenvalue weighted by atomic mass is 10.0. The number of rotatable bonds is 5. The van der Waals surface area contributed by atoms with Gasteiger partial charge < -0.3 is 16.4 Å². The highest BCUT2D eigenvalue weighted by atomic mass is 16.1. The van der Waals surface area contributed by atoms with Crippen LogP contribution in [0.25, 0.3) is 0 Å². The summed E-state index contributed by atoms with van der Waals surface area (Å²) in [5.41, 5.74) is 7.93. The second-order valence-electron chi connectivity index (χ2n) is 4.99. The Balaban J connectivity index is 1.94. The lowest BCUT2D eigenvalue weighted by Gasteiger charge is -2.13. The monoisotopic (exact) mass is 247 g/mol. The lowest BCUT2D eigenvalue weighted by Crippen LogP contribution is -2.17. The van der Waals surface area contributed by atoms with Crippen molar-refractivity contribution in [2.75, 3.05) is 25.0 Å². The van der Waals surface area contributed by atoms with E-state index in [1.165, 1.54) is 6.42 Å². The van der Waals surface area contributed by atoms with Crippen LogP contribution in [0.3, 0.4) is 0 Å². The number of benzene rings is 1. The van der Waals surface area contributed by atoms with E-state index < -0.39 is 0 Å². The van der Waals surface area contributed by atoms with Gasteiger partial charge in [0.2, 0.25) is 0 Å². The van der Waals surface area contributed by atoms with Crippen molar-refractivity contribution in [2.45, 2.75) is 19.8 Å². The van der Waals surface area contributed by atoms with Crippen molar-refractivity contribution in [3.8, 4) is 0 Å². The van der Waals surface area contributed by atoms with Gasteiger partial charge in [-0.3, -0.25) is 4.79 Å². The van der Waals surface area contributed by atoms with Crippen LogP contribution in [0.1, 0.15) is 28.8 Å². The van der Waals surface area contributed by atoms with Gasteiger partial charge in [-0.05, 0) is 56.5 Å². The van der Waals surface area contributed by atoms with E-state index in [1.807, 2.05) is 19.1 Å². The molecule has 0 aliphatic carbocycles. The van der Waals surface area contributed by atoms with E-state index >= 15 is 0 Å². The van der Waals surface area contributed by atoms with Crippen molar-refractivity contribution in [1.82, 2.24) is 5.32 Å². The predicted molar refractivity (Wildman–Crippen MR) is 73.8 cm³/mol. The molecule has 1 aliphatic rings. The van der Waals surface area contributed by atoms with Crippen molar-refractivity contribution in [3.63, 3.8) is 0 Å². The van der Waals surface area contributed by atoms with E-state index in [0.29, 0.717) is 5.56 Å². The van der Waals surface area contributed by atoms with Crippen LogP contribution in [-0.2, 0) is 0 Å². The number of amides is 1. The SMILES string of the molecule is Cc1ccc(C(N)=O)c(NCCC2CCNC2)c1. The number of anilines is 1. The van der Waals surface area contributed by atoms with Gasteiger partial charge in [-0.2, -0.15) is 0 Å². The van der Waals surface area contributed by atoms with Gasteiger partial charge in [0, 0.05) is 12.2 Å². The van der Waals surface area contributed by atoms with Gasteiger partial charge in [0.15, 0.2) is 0 Å². The second-order valence-corrected chi connectivity index (χ2v) is 4.99. The zero-order chi connectivity index (χ0) is 13.0. The van der Waals surface area contributed by atoms with Crippen LogP contribution < -0.4 is 16.4 Å². The highest BCUT2D eigenvalue weighted by Gasteiger charge is 2.14. The number of carbonyl (C=O) groups is 1. The van der Waals surface area contributed by atoms with Crippen LogP contribution in [0.5, 0.6) is 0 Å². The van der Waals surface area contributed by atoms with E-state index in [0.717, 1.165) is 43.2 Å². The summed E-state index contributed by atoms with van der Waals surface area (Å²) in [5.74, 6) is 0.374. The molecule has 4 heteroatoms. The molecular weight excluding hydrogens is 226 g/mol. The van der Waals surface area contributed by atoms with Gasteiger partial charge in [0.1, 0.15) is 0 Å². The normalized spacial score (nSPS) is 18.8. The Labute approximate surface area is 108 Å². The molecule has 1 aliphatic heterocycles. The third-order valence-electron chi connectivity index (χ3n) is 3.47. The summed E-state index contributed by atoms with van der Waals surface area (Å²) >= 11 is 0. The molecule has 1 heterocycles. The van der Waals surface area contributed by atoms with E-state index in [1.54, 1.807) is 6.07 Å². The van der Waals surface area contributed by atoms with Gasteiger partial charge in [0.05, 0.1) is 5.56 Å². The summed E-state index contributed by atoms with van der Waals surface area (Å²) in [4.78, 5) is 11.3. The standard InChI is InChI=1S/C14H21N3O/c1-10-2-3-12(14(15)18)13(8-10)17-7-5-11-4-6-16-9-11/h2-3,8,11,16-17H,4-7,9H2,1H3,(H2,15,18). The average Bonchev–Trinajstić information content (AvgIpc) is 2.82. The van der Waals surface area contributed by atoms with Crippen LogP contribution >= 0.6 is 0 Å². The summed E-state index contributed by atoms with van der Waals surface area (Å²) in [7, 11) is 0. The van der Waals surface area contributed by atoms with Gasteiger partial charge in [-0.15, -0.1) is 0 Å². The molecule has 4 nitrogen and oxygen atoms in total. The average molecular weight is 247 g/mol. The molecule has 1 unspecified atom stereocenters. The molecule has 0 spiro atoms. The third-order valence-corrected chi connectivity index (χ3v) is 3.47. The molecule has 4 N–H and O–H groups in total. The number of carbonyl (C=O) groups excluding carboxylic acids is 1. The molecule has 1 aromatic rings. The van der Waals surface area contributed by atoms with Gasteiger partial charge >= 0.3 is 0 Å². The summed E-state index contributed by atoms with van der Waals surface area (Å²) in [6.07, 6.45) is 2.37. The molecule has 1 fully saturated rings. The minimum atomic E-state index is -0.375. The first-order valence-electron chi connectivity index (χ1n) is 6.52. The minimum Gasteiger partial charge on any atom is -0.384 e. The molecule has 1 atom stereocenters. The maximum atomic E-state index is 11.3.